The van der Waals surface area contributed by atoms with Crippen LogP contribution in [-0.2, 0) is 4.79 Å². The van der Waals surface area contributed by atoms with E-state index in [1.165, 1.54) is 18.2 Å². The van der Waals surface area contributed by atoms with Gasteiger partial charge in [-0.1, -0.05) is 12.1 Å². The number of carbonyl (C=O) groups is 2. The predicted molar refractivity (Wildman–Crippen MR) is 92.6 cm³/mol. The molecule has 0 aliphatic carbocycles. The molecule has 0 radical (unpaired) electrons. The van der Waals surface area contributed by atoms with Gasteiger partial charge in [0.25, 0.3) is 5.91 Å². The lowest BCUT2D eigenvalue weighted by Gasteiger charge is -2.32. The van der Waals surface area contributed by atoms with Crippen molar-refractivity contribution in [3.63, 3.8) is 0 Å². The summed E-state index contributed by atoms with van der Waals surface area (Å²) >= 11 is 0. The fourth-order valence-electron chi connectivity index (χ4n) is 3.02. The Morgan fingerprint density at radius 1 is 1.24 bits per heavy atom. The van der Waals surface area contributed by atoms with Crippen LogP contribution in [0.25, 0.3) is 0 Å². The molecule has 0 bridgehead atoms. The van der Waals surface area contributed by atoms with Gasteiger partial charge >= 0.3 is 0 Å². The number of aryl methyl sites for hydroxylation is 1. The third-order valence-corrected chi connectivity index (χ3v) is 4.29. The molecule has 1 aliphatic rings. The fourth-order valence-corrected chi connectivity index (χ4v) is 3.02. The number of aromatic nitrogens is 1. The molecule has 1 fully saturated rings. The van der Waals surface area contributed by atoms with E-state index in [1.54, 1.807) is 17.0 Å². The molecule has 0 spiro atoms. The van der Waals surface area contributed by atoms with E-state index in [4.69, 9.17) is 0 Å². The Morgan fingerprint density at radius 2 is 2.04 bits per heavy atom. The first kappa shape index (κ1) is 17.1. The molecule has 6 heteroatoms. The van der Waals surface area contributed by atoms with Gasteiger partial charge < -0.3 is 10.2 Å². The lowest BCUT2D eigenvalue weighted by atomic mass is 9.96. The third kappa shape index (κ3) is 4.21. The first-order chi connectivity index (χ1) is 12.0. The summed E-state index contributed by atoms with van der Waals surface area (Å²) in [7, 11) is 0. The molecule has 1 unspecified atom stereocenters. The third-order valence-electron chi connectivity index (χ3n) is 4.29. The second kappa shape index (κ2) is 7.42. The molecule has 0 saturated carbocycles. The van der Waals surface area contributed by atoms with Crippen LogP contribution in [0.3, 0.4) is 0 Å². The van der Waals surface area contributed by atoms with Gasteiger partial charge in [-0.15, -0.1) is 0 Å². The van der Waals surface area contributed by atoms with E-state index >= 15 is 0 Å². The number of halogens is 1. The first-order valence-electron chi connectivity index (χ1n) is 8.32. The normalized spacial score (nSPS) is 17.2. The Labute approximate surface area is 145 Å². The van der Waals surface area contributed by atoms with Crippen LogP contribution in [0.15, 0.2) is 42.5 Å². The maximum Gasteiger partial charge on any atom is 0.253 e. The molecular formula is C19H20FN3O2. The van der Waals surface area contributed by atoms with Gasteiger partial charge in [0.15, 0.2) is 0 Å². The number of rotatable bonds is 3. The monoisotopic (exact) mass is 341 g/mol. The summed E-state index contributed by atoms with van der Waals surface area (Å²) in [6.07, 6.45) is 1.45. The zero-order chi connectivity index (χ0) is 17.8. The number of nitrogens with one attached hydrogen (secondary N) is 1. The summed E-state index contributed by atoms with van der Waals surface area (Å²) in [6, 6.07) is 11.1. The van der Waals surface area contributed by atoms with Crippen LogP contribution in [0.4, 0.5) is 10.2 Å². The van der Waals surface area contributed by atoms with E-state index in [1.807, 2.05) is 19.1 Å². The van der Waals surface area contributed by atoms with Gasteiger partial charge in [-0.3, -0.25) is 9.59 Å². The number of likely N-dealkylation sites (tertiary alicyclic amines) is 1. The number of amides is 2. The summed E-state index contributed by atoms with van der Waals surface area (Å²) in [4.78, 5) is 30.9. The number of benzene rings is 1. The smallest absolute Gasteiger partial charge is 0.253 e. The Kier molecular flexibility index (Phi) is 5.07. The van der Waals surface area contributed by atoms with Crippen LogP contribution in [0, 0.1) is 18.7 Å². The molecule has 2 aromatic rings. The van der Waals surface area contributed by atoms with Gasteiger partial charge in [-0.05, 0) is 50.1 Å². The van der Waals surface area contributed by atoms with Gasteiger partial charge in [-0.2, -0.15) is 0 Å². The number of hydrogen-bond donors (Lipinski definition) is 1. The SMILES string of the molecule is Cc1cccc(NC(=O)C2CCCN(C(=O)c3cccc(F)c3)C2)n1. The Balaban J connectivity index is 1.66. The lowest BCUT2D eigenvalue weighted by Crippen LogP contribution is -2.43. The quantitative estimate of drug-likeness (QED) is 0.933. The zero-order valence-electron chi connectivity index (χ0n) is 14.0. The molecule has 5 nitrogen and oxygen atoms in total. The molecule has 130 valence electrons. The van der Waals surface area contributed by atoms with E-state index in [9.17, 15) is 14.0 Å². The molecule has 1 atom stereocenters. The lowest BCUT2D eigenvalue weighted by molar-refractivity contribution is -0.121. The second-order valence-electron chi connectivity index (χ2n) is 6.25. The Bertz CT molecular complexity index is 794. The highest BCUT2D eigenvalue weighted by molar-refractivity contribution is 5.96. The van der Waals surface area contributed by atoms with Crippen LogP contribution in [0.5, 0.6) is 0 Å². The van der Waals surface area contributed by atoms with Gasteiger partial charge in [0.2, 0.25) is 5.91 Å². The van der Waals surface area contributed by atoms with Gasteiger partial charge in [0.1, 0.15) is 11.6 Å². The molecule has 1 aromatic carbocycles. The predicted octanol–water partition coefficient (Wildman–Crippen LogP) is 3.02. The number of piperidine rings is 1. The largest absolute Gasteiger partial charge is 0.338 e. The maximum absolute atomic E-state index is 13.3. The highest BCUT2D eigenvalue weighted by Crippen LogP contribution is 2.20. The minimum absolute atomic E-state index is 0.144. The number of hydrogen-bond acceptors (Lipinski definition) is 3. The highest BCUT2D eigenvalue weighted by Gasteiger charge is 2.29. The van der Waals surface area contributed by atoms with Crippen molar-refractivity contribution in [1.82, 2.24) is 9.88 Å². The number of pyridine rings is 1. The van der Waals surface area contributed by atoms with Crippen molar-refractivity contribution >= 4 is 17.6 Å². The molecule has 1 saturated heterocycles. The number of anilines is 1. The Morgan fingerprint density at radius 3 is 2.80 bits per heavy atom. The van der Waals surface area contributed by atoms with E-state index in [-0.39, 0.29) is 17.7 Å². The summed E-state index contributed by atoms with van der Waals surface area (Å²) in [6.45, 7) is 2.75. The molecule has 1 aromatic heterocycles. The van der Waals surface area contributed by atoms with Crippen molar-refractivity contribution in [3.05, 3.63) is 59.5 Å². The number of nitrogens with zero attached hydrogens (tertiary/aromatic N) is 2. The van der Waals surface area contributed by atoms with Crippen molar-refractivity contribution in [2.45, 2.75) is 19.8 Å². The summed E-state index contributed by atoms with van der Waals surface area (Å²) in [5.41, 5.74) is 1.13. The van der Waals surface area contributed by atoms with Crippen molar-refractivity contribution in [2.24, 2.45) is 5.92 Å². The molecule has 25 heavy (non-hydrogen) atoms. The molecular weight excluding hydrogens is 321 g/mol. The van der Waals surface area contributed by atoms with E-state index < -0.39 is 5.82 Å². The second-order valence-corrected chi connectivity index (χ2v) is 6.25. The summed E-state index contributed by atoms with van der Waals surface area (Å²) in [5.74, 6) is -0.615. The molecule has 1 N–H and O–H groups in total. The van der Waals surface area contributed by atoms with Crippen molar-refractivity contribution in [3.8, 4) is 0 Å². The van der Waals surface area contributed by atoms with Crippen LogP contribution in [-0.4, -0.2) is 34.8 Å². The molecule has 2 amide bonds. The average molecular weight is 341 g/mol. The average Bonchev–Trinajstić information content (AvgIpc) is 2.61. The van der Waals surface area contributed by atoms with Gasteiger partial charge in [-0.25, -0.2) is 9.37 Å². The summed E-state index contributed by atoms with van der Waals surface area (Å²) < 4.78 is 13.3. The molecule has 2 heterocycles. The van der Waals surface area contributed by atoms with Crippen LogP contribution >= 0.6 is 0 Å². The van der Waals surface area contributed by atoms with E-state index in [0.29, 0.717) is 30.9 Å². The molecule has 3 rings (SSSR count). The van der Waals surface area contributed by atoms with Crippen LogP contribution < -0.4 is 5.32 Å². The van der Waals surface area contributed by atoms with Crippen molar-refractivity contribution in [1.29, 1.82) is 0 Å². The van der Waals surface area contributed by atoms with Gasteiger partial charge in [0.05, 0.1) is 5.92 Å². The van der Waals surface area contributed by atoms with Crippen molar-refractivity contribution in [2.75, 3.05) is 18.4 Å². The van der Waals surface area contributed by atoms with Crippen molar-refractivity contribution < 1.29 is 14.0 Å². The van der Waals surface area contributed by atoms with Crippen LogP contribution in [0.1, 0.15) is 28.9 Å². The van der Waals surface area contributed by atoms with E-state index in [2.05, 4.69) is 10.3 Å². The maximum atomic E-state index is 13.3. The fraction of sp³-hybridized carbons (Fsp3) is 0.316. The molecule has 1 aliphatic heterocycles. The summed E-state index contributed by atoms with van der Waals surface area (Å²) in [5, 5.41) is 2.81. The standard InChI is InChI=1S/C19H20FN3O2/c1-13-5-2-9-17(21-13)22-18(24)15-7-4-10-23(12-15)19(25)14-6-3-8-16(20)11-14/h2-3,5-6,8-9,11,15H,4,7,10,12H2,1H3,(H,21,22,24). The van der Waals surface area contributed by atoms with E-state index in [0.717, 1.165) is 12.1 Å². The Hall–Kier alpha value is -2.76. The van der Waals surface area contributed by atoms with Gasteiger partial charge in [0, 0.05) is 24.3 Å². The minimum Gasteiger partial charge on any atom is -0.338 e. The minimum atomic E-state index is -0.442. The van der Waals surface area contributed by atoms with Crippen LogP contribution in [0.2, 0.25) is 0 Å². The zero-order valence-corrected chi connectivity index (χ0v) is 14.0. The topological polar surface area (TPSA) is 62.3 Å². The highest BCUT2D eigenvalue weighted by atomic mass is 19.1. The number of carbonyl (C=O) groups excluding carboxylic acids is 2. The first-order valence-corrected chi connectivity index (χ1v) is 8.32.